The fourth-order valence-corrected chi connectivity index (χ4v) is 4.67. The van der Waals surface area contributed by atoms with Crippen molar-refractivity contribution in [2.75, 3.05) is 20.1 Å². The molecule has 0 radical (unpaired) electrons. The van der Waals surface area contributed by atoms with Crippen LogP contribution in [0.1, 0.15) is 37.7 Å². The van der Waals surface area contributed by atoms with Crippen LogP contribution in [0.3, 0.4) is 0 Å². The Kier molecular flexibility index (Phi) is 6.53. The number of likely N-dealkylation sites (N-methyl/N-ethyl adjacent to an activating group) is 1. The first kappa shape index (κ1) is 20.7. The molecule has 1 amide bonds. The molecule has 0 unspecified atom stereocenters. The van der Waals surface area contributed by atoms with Gasteiger partial charge in [0.05, 0.1) is 0 Å². The van der Waals surface area contributed by atoms with Gasteiger partial charge in [-0.15, -0.1) is 0 Å². The van der Waals surface area contributed by atoms with E-state index in [0.29, 0.717) is 19.1 Å². The Morgan fingerprint density at radius 3 is 2.70 bits per heavy atom. The third-order valence-corrected chi connectivity index (χ3v) is 6.53. The van der Waals surface area contributed by atoms with Gasteiger partial charge in [0, 0.05) is 30.8 Å². The Bertz CT molecular complexity index is 1000. The van der Waals surface area contributed by atoms with Gasteiger partial charge in [-0.05, 0) is 61.0 Å². The van der Waals surface area contributed by atoms with Crippen LogP contribution in [0.5, 0.6) is 0 Å². The van der Waals surface area contributed by atoms with E-state index in [1.54, 1.807) is 0 Å². The van der Waals surface area contributed by atoms with E-state index in [0.717, 1.165) is 17.4 Å². The topological polar surface area (TPSA) is 37.3 Å². The molecule has 4 rings (SSSR count). The molecule has 1 aliphatic carbocycles. The van der Waals surface area contributed by atoms with Crippen LogP contribution >= 0.6 is 0 Å². The molecule has 1 heterocycles. The van der Waals surface area contributed by atoms with E-state index in [-0.39, 0.29) is 5.91 Å². The number of hydrogen-bond acceptors (Lipinski definition) is 2. The highest BCUT2D eigenvalue weighted by molar-refractivity contribution is 5.87. The summed E-state index contributed by atoms with van der Waals surface area (Å²) in [6.45, 7) is 4.12. The van der Waals surface area contributed by atoms with Crippen molar-refractivity contribution in [3.8, 4) is 11.1 Å². The maximum Gasteiger partial charge on any atom is 0.239 e. The number of rotatable bonds is 7. The average Bonchev–Trinajstić information content (AvgIpc) is 3.16. The Labute approximate surface area is 179 Å². The third kappa shape index (κ3) is 4.76. The van der Waals surface area contributed by atoms with Gasteiger partial charge in [0.2, 0.25) is 5.91 Å². The zero-order valence-corrected chi connectivity index (χ0v) is 18.2. The van der Waals surface area contributed by atoms with Gasteiger partial charge in [-0.2, -0.15) is 0 Å². The lowest BCUT2D eigenvalue weighted by atomic mass is 9.94. The molecule has 4 nitrogen and oxygen atoms in total. The van der Waals surface area contributed by atoms with Crippen molar-refractivity contribution in [2.45, 2.75) is 51.6 Å². The number of hydrogen-bond donors (Lipinski definition) is 1. The summed E-state index contributed by atoms with van der Waals surface area (Å²) in [5, 5.41) is 4.27. The standard InChI is InChI=1S/C26H33N3O/c1-20-8-6-7-11-24(20)22-13-12-21-14-16-29(25(21)18-22)19-26(30)27-15-17-28(2)23-9-4-3-5-10-23/h6-8,11-14,16,18,23H,3-5,9-10,15,17,19H2,1-2H3,(H,27,30). The lowest BCUT2D eigenvalue weighted by Crippen LogP contribution is -2.40. The predicted molar refractivity (Wildman–Crippen MR) is 125 cm³/mol. The molecule has 1 fully saturated rings. The minimum Gasteiger partial charge on any atom is -0.353 e. The Morgan fingerprint density at radius 2 is 1.90 bits per heavy atom. The smallest absolute Gasteiger partial charge is 0.239 e. The van der Waals surface area contributed by atoms with Crippen molar-refractivity contribution in [3.63, 3.8) is 0 Å². The van der Waals surface area contributed by atoms with E-state index in [1.807, 2.05) is 6.20 Å². The molecule has 0 bridgehead atoms. The van der Waals surface area contributed by atoms with E-state index >= 15 is 0 Å². The summed E-state index contributed by atoms with van der Waals surface area (Å²) < 4.78 is 2.05. The highest BCUT2D eigenvalue weighted by Gasteiger charge is 2.17. The quantitative estimate of drug-likeness (QED) is 0.603. The summed E-state index contributed by atoms with van der Waals surface area (Å²) in [6.07, 6.45) is 8.66. The van der Waals surface area contributed by atoms with E-state index in [4.69, 9.17) is 0 Å². The fourth-order valence-electron chi connectivity index (χ4n) is 4.67. The number of fused-ring (bicyclic) bond motifs is 1. The first-order valence-corrected chi connectivity index (χ1v) is 11.2. The van der Waals surface area contributed by atoms with E-state index in [2.05, 4.69) is 77.3 Å². The Morgan fingerprint density at radius 1 is 1.10 bits per heavy atom. The van der Waals surface area contributed by atoms with Crippen molar-refractivity contribution in [3.05, 3.63) is 60.3 Å². The van der Waals surface area contributed by atoms with Crippen molar-refractivity contribution >= 4 is 16.8 Å². The van der Waals surface area contributed by atoms with Crippen LogP contribution in [-0.4, -0.2) is 41.6 Å². The number of aromatic nitrogens is 1. The summed E-state index contributed by atoms with van der Waals surface area (Å²) in [5.41, 5.74) is 4.79. The monoisotopic (exact) mass is 403 g/mol. The minimum absolute atomic E-state index is 0.0749. The molecule has 0 saturated heterocycles. The first-order valence-electron chi connectivity index (χ1n) is 11.2. The second-order valence-corrected chi connectivity index (χ2v) is 8.65. The average molecular weight is 404 g/mol. The minimum atomic E-state index is 0.0749. The molecule has 1 saturated carbocycles. The molecule has 158 valence electrons. The van der Waals surface area contributed by atoms with Gasteiger partial charge in [0.15, 0.2) is 0 Å². The second-order valence-electron chi connectivity index (χ2n) is 8.65. The van der Waals surface area contributed by atoms with Crippen LogP contribution < -0.4 is 5.32 Å². The maximum atomic E-state index is 12.6. The summed E-state index contributed by atoms with van der Waals surface area (Å²) in [6, 6.07) is 17.7. The number of carbonyl (C=O) groups is 1. The Hall–Kier alpha value is -2.59. The number of amides is 1. The van der Waals surface area contributed by atoms with E-state index in [9.17, 15) is 4.79 Å². The normalized spacial score (nSPS) is 15.0. The molecule has 0 spiro atoms. The zero-order valence-electron chi connectivity index (χ0n) is 18.2. The van der Waals surface area contributed by atoms with Gasteiger partial charge < -0.3 is 14.8 Å². The number of carbonyl (C=O) groups excluding carboxylic acids is 1. The van der Waals surface area contributed by atoms with E-state index < -0.39 is 0 Å². The SMILES string of the molecule is Cc1ccccc1-c1ccc2ccn(CC(=O)NCCN(C)C3CCCCC3)c2c1. The van der Waals surface area contributed by atoms with Gasteiger partial charge in [-0.1, -0.05) is 55.7 Å². The van der Waals surface area contributed by atoms with E-state index in [1.165, 1.54) is 48.8 Å². The van der Waals surface area contributed by atoms with Crippen molar-refractivity contribution in [1.29, 1.82) is 0 Å². The third-order valence-electron chi connectivity index (χ3n) is 6.53. The largest absolute Gasteiger partial charge is 0.353 e. The summed E-state index contributed by atoms with van der Waals surface area (Å²) in [5.74, 6) is 0.0749. The second kappa shape index (κ2) is 9.48. The highest BCUT2D eigenvalue weighted by atomic mass is 16.1. The Balaban J connectivity index is 1.38. The van der Waals surface area contributed by atoms with Gasteiger partial charge in [0.1, 0.15) is 6.54 Å². The van der Waals surface area contributed by atoms with Crippen LogP contribution in [0.15, 0.2) is 54.7 Å². The number of nitrogens with zero attached hydrogens (tertiary/aromatic N) is 2. The first-order chi connectivity index (χ1) is 14.6. The van der Waals surface area contributed by atoms with Crippen LogP contribution in [0.25, 0.3) is 22.0 Å². The molecule has 0 aliphatic heterocycles. The summed E-state index contributed by atoms with van der Waals surface area (Å²) in [7, 11) is 2.19. The molecule has 4 heteroatoms. The van der Waals surface area contributed by atoms with Gasteiger partial charge in [-0.3, -0.25) is 4.79 Å². The molecule has 1 N–H and O–H groups in total. The lowest BCUT2D eigenvalue weighted by molar-refractivity contribution is -0.121. The molecule has 0 atom stereocenters. The molecular formula is C26H33N3O. The van der Waals surface area contributed by atoms with Gasteiger partial charge in [0.25, 0.3) is 0 Å². The van der Waals surface area contributed by atoms with Crippen LogP contribution in [-0.2, 0) is 11.3 Å². The van der Waals surface area contributed by atoms with Crippen molar-refractivity contribution in [2.24, 2.45) is 0 Å². The van der Waals surface area contributed by atoms with Gasteiger partial charge >= 0.3 is 0 Å². The summed E-state index contributed by atoms with van der Waals surface area (Å²) in [4.78, 5) is 15.0. The zero-order chi connectivity index (χ0) is 20.9. The summed E-state index contributed by atoms with van der Waals surface area (Å²) >= 11 is 0. The van der Waals surface area contributed by atoms with Crippen LogP contribution in [0, 0.1) is 6.92 Å². The number of aryl methyl sites for hydroxylation is 1. The van der Waals surface area contributed by atoms with Crippen molar-refractivity contribution in [1.82, 2.24) is 14.8 Å². The lowest BCUT2D eigenvalue weighted by Gasteiger charge is -2.31. The molecular weight excluding hydrogens is 370 g/mol. The van der Waals surface area contributed by atoms with Crippen LogP contribution in [0.4, 0.5) is 0 Å². The van der Waals surface area contributed by atoms with Crippen molar-refractivity contribution < 1.29 is 4.79 Å². The fraction of sp³-hybridized carbons (Fsp3) is 0.423. The number of benzene rings is 2. The predicted octanol–water partition coefficient (Wildman–Crippen LogP) is 5.00. The molecule has 1 aromatic heterocycles. The number of nitrogens with one attached hydrogen (secondary N) is 1. The molecule has 2 aromatic carbocycles. The molecule has 1 aliphatic rings. The molecule has 30 heavy (non-hydrogen) atoms. The maximum absolute atomic E-state index is 12.6. The van der Waals surface area contributed by atoms with Crippen LogP contribution in [0.2, 0.25) is 0 Å². The highest BCUT2D eigenvalue weighted by Crippen LogP contribution is 2.27. The molecule has 3 aromatic rings. The van der Waals surface area contributed by atoms with Gasteiger partial charge in [-0.25, -0.2) is 0 Å².